The van der Waals surface area contributed by atoms with Crippen molar-refractivity contribution in [1.82, 2.24) is 16.4 Å². The Morgan fingerprint density at radius 3 is 3.10 bits per heavy atom. The Bertz CT molecular complexity index is 128. The molecule has 0 aromatic carbocycles. The molecule has 4 nitrogen and oxygen atoms in total. The van der Waals surface area contributed by atoms with Crippen molar-refractivity contribution < 1.29 is 5.11 Å². The standard InChI is InChI=1S/C5H11N3OS/c9-2-1-4-3-6-8-7-5(4)10/h4,6,8-9H,1-3H2,(H,7,10)/t4-/m0/s1. The molecule has 1 saturated heterocycles. The third-order valence-corrected chi connectivity index (χ3v) is 1.91. The van der Waals surface area contributed by atoms with E-state index in [0.717, 1.165) is 18.0 Å². The Morgan fingerprint density at radius 1 is 1.70 bits per heavy atom. The molecule has 0 radical (unpaired) electrons. The minimum atomic E-state index is 0.189. The molecule has 0 aromatic rings. The molecule has 1 aliphatic rings. The van der Waals surface area contributed by atoms with Crippen molar-refractivity contribution >= 4 is 17.2 Å². The molecule has 0 aromatic heterocycles. The first-order chi connectivity index (χ1) is 4.84. The molecule has 0 bridgehead atoms. The van der Waals surface area contributed by atoms with E-state index in [1.165, 1.54) is 0 Å². The van der Waals surface area contributed by atoms with E-state index >= 15 is 0 Å². The molecule has 10 heavy (non-hydrogen) atoms. The van der Waals surface area contributed by atoms with Crippen LogP contribution in [-0.2, 0) is 0 Å². The molecular weight excluding hydrogens is 150 g/mol. The molecule has 1 rings (SSSR count). The number of hydrogen-bond acceptors (Lipinski definition) is 4. The fourth-order valence-electron chi connectivity index (χ4n) is 0.864. The van der Waals surface area contributed by atoms with Crippen LogP contribution in [-0.4, -0.2) is 23.2 Å². The van der Waals surface area contributed by atoms with Crippen LogP contribution in [0.4, 0.5) is 0 Å². The van der Waals surface area contributed by atoms with Gasteiger partial charge < -0.3 is 10.5 Å². The molecule has 1 heterocycles. The maximum Gasteiger partial charge on any atom is 0.0951 e. The normalized spacial score (nSPS) is 26.1. The number of hydrogen-bond donors (Lipinski definition) is 4. The molecule has 0 aliphatic carbocycles. The second-order valence-electron chi connectivity index (χ2n) is 2.20. The highest BCUT2D eigenvalue weighted by Gasteiger charge is 2.16. The summed E-state index contributed by atoms with van der Waals surface area (Å²) in [7, 11) is 0. The lowest BCUT2D eigenvalue weighted by Gasteiger charge is -2.25. The summed E-state index contributed by atoms with van der Waals surface area (Å²) in [5.74, 6) is 0.265. The van der Waals surface area contributed by atoms with Gasteiger partial charge in [0.1, 0.15) is 0 Å². The van der Waals surface area contributed by atoms with Crippen LogP contribution in [0.2, 0.25) is 0 Å². The SMILES string of the molecule is OCC[C@H]1CNNNC1=S. The average Bonchev–Trinajstić information content (AvgIpc) is 1.94. The molecule has 5 heteroatoms. The molecule has 0 unspecified atom stereocenters. The summed E-state index contributed by atoms with van der Waals surface area (Å²) in [6.45, 7) is 0.973. The van der Waals surface area contributed by atoms with Gasteiger partial charge in [0.05, 0.1) is 4.99 Å². The van der Waals surface area contributed by atoms with Crippen molar-refractivity contribution in [3.8, 4) is 0 Å². The van der Waals surface area contributed by atoms with E-state index < -0.39 is 0 Å². The van der Waals surface area contributed by atoms with Gasteiger partial charge in [0.2, 0.25) is 0 Å². The highest BCUT2D eigenvalue weighted by atomic mass is 32.1. The van der Waals surface area contributed by atoms with Gasteiger partial charge >= 0.3 is 0 Å². The number of rotatable bonds is 2. The van der Waals surface area contributed by atoms with Crippen molar-refractivity contribution in [3.63, 3.8) is 0 Å². The first-order valence-corrected chi connectivity index (χ1v) is 3.64. The van der Waals surface area contributed by atoms with E-state index in [2.05, 4.69) is 16.4 Å². The van der Waals surface area contributed by atoms with E-state index in [4.69, 9.17) is 17.3 Å². The number of nitrogens with one attached hydrogen (secondary N) is 3. The van der Waals surface area contributed by atoms with Crippen molar-refractivity contribution in [3.05, 3.63) is 0 Å². The number of aliphatic hydroxyl groups excluding tert-OH is 1. The van der Waals surface area contributed by atoms with Gasteiger partial charge in [0.25, 0.3) is 0 Å². The minimum Gasteiger partial charge on any atom is -0.396 e. The van der Waals surface area contributed by atoms with Crippen LogP contribution >= 0.6 is 12.2 Å². The number of hydrazine groups is 2. The van der Waals surface area contributed by atoms with Gasteiger partial charge in [-0.15, -0.1) is 0 Å². The quantitative estimate of drug-likeness (QED) is 0.388. The van der Waals surface area contributed by atoms with Crippen LogP contribution in [0.1, 0.15) is 6.42 Å². The second kappa shape index (κ2) is 3.82. The van der Waals surface area contributed by atoms with E-state index in [0.29, 0.717) is 0 Å². The van der Waals surface area contributed by atoms with Gasteiger partial charge in [-0.2, -0.15) is 5.53 Å². The molecule has 0 saturated carbocycles. The van der Waals surface area contributed by atoms with Gasteiger partial charge in [-0.25, -0.2) is 5.43 Å². The van der Waals surface area contributed by atoms with Crippen molar-refractivity contribution in [2.75, 3.05) is 13.2 Å². The maximum absolute atomic E-state index is 8.60. The Hall–Kier alpha value is -0.230. The second-order valence-corrected chi connectivity index (χ2v) is 2.64. The highest BCUT2D eigenvalue weighted by Crippen LogP contribution is 2.03. The topological polar surface area (TPSA) is 56.3 Å². The molecule has 58 valence electrons. The van der Waals surface area contributed by atoms with Gasteiger partial charge in [0.15, 0.2) is 0 Å². The van der Waals surface area contributed by atoms with Crippen molar-refractivity contribution in [2.45, 2.75) is 6.42 Å². The third-order valence-electron chi connectivity index (χ3n) is 1.47. The van der Waals surface area contributed by atoms with Gasteiger partial charge in [-0.05, 0) is 6.42 Å². The first-order valence-electron chi connectivity index (χ1n) is 3.23. The summed E-state index contributed by atoms with van der Waals surface area (Å²) in [5.41, 5.74) is 8.37. The Morgan fingerprint density at radius 2 is 2.50 bits per heavy atom. The van der Waals surface area contributed by atoms with E-state index in [1.54, 1.807) is 0 Å². The van der Waals surface area contributed by atoms with E-state index in [-0.39, 0.29) is 12.5 Å². The molecule has 1 aliphatic heterocycles. The van der Waals surface area contributed by atoms with Crippen LogP contribution in [0.5, 0.6) is 0 Å². The lowest BCUT2D eigenvalue weighted by Crippen LogP contribution is -2.56. The predicted octanol–water partition coefficient (Wildman–Crippen LogP) is -1.08. The monoisotopic (exact) mass is 161 g/mol. The average molecular weight is 161 g/mol. The van der Waals surface area contributed by atoms with Crippen molar-refractivity contribution in [1.29, 1.82) is 0 Å². The molecule has 4 N–H and O–H groups in total. The van der Waals surface area contributed by atoms with Gasteiger partial charge in [-0.1, -0.05) is 12.2 Å². The minimum absolute atomic E-state index is 0.189. The maximum atomic E-state index is 8.60. The zero-order chi connectivity index (χ0) is 7.40. The lowest BCUT2D eigenvalue weighted by atomic mass is 10.1. The molecular formula is C5H11N3OS. The first kappa shape index (κ1) is 7.87. The predicted molar refractivity (Wildman–Crippen MR) is 42.1 cm³/mol. The number of aliphatic hydroxyl groups is 1. The van der Waals surface area contributed by atoms with Crippen LogP contribution in [0, 0.1) is 5.92 Å². The smallest absolute Gasteiger partial charge is 0.0951 e. The molecule has 0 spiro atoms. The van der Waals surface area contributed by atoms with Crippen LogP contribution in [0.25, 0.3) is 0 Å². The molecule has 0 amide bonds. The molecule has 1 atom stereocenters. The summed E-state index contributed by atoms with van der Waals surface area (Å²) >= 11 is 4.97. The summed E-state index contributed by atoms with van der Waals surface area (Å²) in [4.78, 5) is 0.771. The summed E-state index contributed by atoms with van der Waals surface area (Å²) in [6, 6.07) is 0. The van der Waals surface area contributed by atoms with E-state index in [9.17, 15) is 0 Å². The fourth-order valence-corrected chi connectivity index (χ4v) is 1.12. The zero-order valence-corrected chi connectivity index (χ0v) is 6.37. The van der Waals surface area contributed by atoms with Crippen LogP contribution < -0.4 is 16.4 Å². The zero-order valence-electron chi connectivity index (χ0n) is 5.55. The molecule has 1 fully saturated rings. The van der Waals surface area contributed by atoms with Gasteiger partial charge in [0, 0.05) is 19.1 Å². The Labute approximate surface area is 64.9 Å². The van der Waals surface area contributed by atoms with Gasteiger partial charge in [-0.3, -0.25) is 0 Å². The third kappa shape index (κ3) is 1.88. The van der Waals surface area contributed by atoms with Crippen molar-refractivity contribution in [2.24, 2.45) is 5.92 Å². The van der Waals surface area contributed by atoms with E-state index in [1.807, 2.05) is 0 Å². The highest BCUT2D eigenvalue weighted by molar-refractivity contribution is 7.80. The Kier molecular flexibility index (Phi) is 3.01. The summed E-state index contributed by atoms with van der Waals surface area (Å²) in [5, 5.41) is 8.60. The largest absolute Gasteiger partial charge is 0.396 e. The Balaban J connectivity index is 2.32. The van der Waals surface area contributed by atoms with Crippen LogP contribution in [0.15, 0.2) is 0 Å². The van der Waals surface area contributed by atoms with Crippen LogP contribution in [0.3, 0.4) is 0 Å². The summed E-state index contributed by atoms with van der Waals surface area (Å²) < 4.78 is 0. The lowest BCUT2D eigenvalue weighted by molar-refractivity contribution is 0.262. The number of thiocarbonyl (C=S) groups is 1. The summed E-state index contributed by atoms with van der Waals surface area (Å²) in [6.07, 6.45) is 0.723. The fraction of sp³-hybridized carbons (Fsp3) is 0.800.